The Morgan fingerprint density at radius 1 is 1.48 bits per heavy atom. The van der Waals surface area contributed by atoms with Crippen molar-refractivity contribution in [3.05, 3.63) is 29.6 Å². The van der Waals surface area contributed by atoms with Gasteiger partial charge in [0, 0.05) is 18.3 Å². The number of thioether (sulfide) groups is 1. The minimum atomic E-state index is -4.76. The number of carbonyl (C=O) groups is 1. The molecule has 2 unspecified atom stereocenters. The summed E-state index contributed by atoms with van der Waals surface area (Å²) in [6.45, 7) is 2.38. The zero-order chi connectivity index (χ0) is 17.2. The topological polar surface area (TPSA) is 40.5 Å². The van der Waals surface area contributed by atoms with E-state index in [4.69, 9.17) is 5.11 Å². The Morgan fingerprint density at radius 3 is 2.74 bits per heavy atom. The molecule has 128 valence electrons. The predicted molar refractivity (Wildman–Crippen MR) is 81.3 cm³/mol. The molecule has 2 rings (SSSR count). The van der Waals surface area contributed by atoms with E-state index in [1.807, 2.05) is 0 Å². The van der Waals surface area contributed by atoms with Gasteiger partial charge in [-0.25, -0.2) is 4.39 Å². The second kappa shape index (κ2) is 6.98. The number of benzene rings is 1. The summed E-state index contributed by atoms with van der Waals surface area (Å²) < 4.78 is 52.9. The lowest BCUT2D eigenvalue weighted by atomic mass is 10.1. The molecular weight excluding hydrogens is 334 g/mol. The molecule has 0 bridgehead atoms. The lowest BCUT2D eigenvalue weighted by Gasteiger charge is -2.24. The lowest BCUT2D eigenvalue weighted by molar-refractivity contribution is -0.139. The monoisotopic (exact) mass is 351 g/mol. The molecule has 0 saturated carbocycles. The molecule has 1 aliphatic rings. The van der Waals surface area contributed by atoms with Gasteiger partial charge in [0.05, 0.1) is 5.69 Å². The van der Waals surface area contributed by atoms with Crippen LogP contribution in [0.15, 0.2) is 18.2 Å². The van der Waals surface area contributed by atoms with Crippen LogP contribution in [-0.4, -0.2) is 34.7 Å². The average molecular weight is 351 g/mol. The second-order valence-electron chi connectivity index (χ2n) is 5.36. The van der Waals surface area contributed by atoms with E-state index in [2.05, 4.69) is 0 Å². The molecule has 0 aliphatic carbocycles. The third-order valence-corrected chi connectivity index (χ3v) is 5.40. The van der Waals surface area contributed by atoms with Crippen LogP contribution in [0.4, 0.5) is 23.2 Å². The molecule has 1 heterocycles. The maximum atomic E-state index is 13.6. The van der Waals surface area contributed by atoms with Gasteiger partial charge in [0.2, 0.25) is 0 Å². The fourth-order valence-electron chi connectivity index (χ4n) is 2.68. The van der Waals surface area contributed by atoms with E-state index < -0.39 is 28.8 Å². The van der Waals surface area contributed by atoms with Crippen molar-refractivity contribution in [2.24, 2.45) is 0 Å². The number of aliphatic carboxylic acids is 1. The first-order valence-electron chi connectivity index (χ1n) is 7.23. The fraction of sp³-hybridized carbons (Fsp3) is 0.533. The normalized spacial score (nSPS) is 19.9. The smallest absolute Gasteiger partial charge is 0.421 e. The van der Waals surface area contributed by atoms with Crippen molar-refractivity contribution >= 4 is 23.4 Å². The van der Waals surface area contributed by atoms with Crippen LogP contribution in [0.2, 0.25) is 0 Å². The van der Waals surface area contributed by atoms with Crippen LogP contribution in [-0.2, 0) is 11.0 Å². The number of nitrogens with zero attached hydrogens (tertiary/aromatic N) is 1. The maximum Gasteiger partial charge on any atom is 0.421 e. The SMILES string of the molecule is CCC(SC1CCN(c2cccc(F)c2C(F)(F)F)C1)C(=O)O. The highest BCUT2D eigenvalue weighted by Gasteiger charge is 2.39. The van der Waals surface area contributed by atoms with Crippen LogP contribution in [0.5, 0.6) is 0 Å². The molecule has 1 aromatic rings. The molecule has 1 fully saturated rings. The molecular formula is C15H17F4NO2S. The Kier molecular flexibility index (Phi) is 5.44. The summed E-state index contributed by atoms with van der Waals surface area (Å²) >= 11 is 1.26. The molecule has 0 radical (unpaired) electrons. The number of hydrogen-bond donors (Lipinski definition) is 1. The van der Waals surface area contributed by atoms with Crippen LogP contribution in [0, 0.1) is 5.82 Å². The van der Waals surface area contributed by atoms with E-state index >= 15 is 0 Å². The molecule has 1 N–H and O–H groups in total. The molecule has 23 heavy (non-hydrogen) atoms. The third kappa shape index (κ3) is 4.10. The highest BCUT2D eigenvalue weighted by Crippen LogP contribution is 2.40. The Hall–Kier alpha value is -1.44. The molecule has 3 nitrogen and oxygen atoms in total. The molecule has 8 heteroatoms. The number of carboxylic acid groups (broad SMARTS) is 1. The van der Waals surface area contributed by atoms with E-state index in [1.54, 1.807) is 6.92 Å². The van der Waals surface area contributed by atoms with E-state index in [1.165, 1.54) is 28.8 Å². The third-order valence-electron chi connectivity index (χ3n) is 3.76. The number of anilines is 1. The molecule has 0 aromatic heterocycles. The second-order valence-corrected chi connectivity index (χ2v) is 6.87. The molecule has 1 aliphatic heterocycles. The van der Waals surface area contributed by atoms with Gasteiger partial charge in [-0.05, 0) is 25.0 Å². The number of alkyl halides is 3. The lowest BCUT2D eigenvalue weighted by Crippen LogP contribution is -2.26. The van der Waals surface area contributed by atoms with Crippen molar-refractivity contribution in [3.63, 3.8) is 0 Å². The van der Waals surface area contributed by atoms with Crippen molar-refractivity contribution in [1.82, 2.24) is 0 Å². The Bertz CT molecular complexity index is 579. The summed E-state index contributed by atoms with van der Waals surface area (Å²) in [4.78, 5) is 12.6. The van der Waals surface area contributed by atoms with Gasteiger partial charge in [-0.15, -0.1) is 11.8 Å². The quantitative estimate of drug-likeness (QED) is 0.814. The van der Waals surface area contributed by atoms with Crippen molar-refractivity contribution in [2.75, 3.05) is 18.0 Å². The summed E-state index contributed by atoms with van der Waals surface area (Å²) in [5.74, 6) is -2.21. The minimum absolute atomic E-state index is 0.0830. The van der Waals surface area contributed by atoms with Gasteiger partial charge < -0.3 is 10.0 Å². The van der Waals surface area contributed by atoms with Crippen molar-refractivity contribution in [3.8, 4) is 0 Å². The largest absolute Gasteiger partial charge is 0.480 e. The molecule has 0 spiro atoms. The first-order chi connectivity index (χ1) is 10.7. The maximum absolute atomic E-state index is 13.6. The van der Waals surface area contributed by atoms with Gasteiger partial charge in [0.25, 0.3) is 0 Å². The van der Waals surface area contributed by atoms with E-state index in [0.29, 0.717) is 19.4 Å². The Morgan fingerprint density at radius 2 is 2.17 bits per heavy atom. The molecule has 1 saturated heterocycles. The van der Waals surface area contributed by atoms with Gasteiger partial charge in [-0.3, -0.25) is 4.79 Å². The standard InChI is InChI=1S/C15H17F4NO2S/c1-2-12(14(21)22)23-9-6-7-20(8-9)11-5-3-4-10(16)13(11)15(17,18)19/h3-5,9,12H,2,6-8H2,1H3,(H,21,22). The molecule has 2 atom stereocenters. The number of rotatable bonds is 5. The van der Waals surface area contributed by atoms with Crippen LogP contribution in [0.3, 0.4) is 0 Å². The van der Waals surface area contributed by atoms with Crippen molar-refractivity contribution in [1.29, 1.82) is 0 Å². The summed E-state index contributed by atoms with van der Waals surface area (Å²) in [7, 11) is 0. The number of hydrogen-bond acceptors (Lipinski definition) is 3. The summed E-state index contributed by atoms with van der Waals surface area (Å²) in [6.07, 6.45) is -3.74. The van der Waals surface area contributed by atoms with Crippen LogP contribution >= 0.6 is 11.8 Å². The molecule has 1 aromatic carbocycles. The van der Waals surface area contributed by atoms with Gasteiger partial charge in [0.15, 0.2) is 0 Å². The first kappa shape index (κ1) is 17.9. The number of halogens is 4. The van der Waals surface area contributed by atoms with Crippen molar-refractivity contribution < 1.29 is 27.5 Å². The molecule has 0 amide bonds. The Labute approximate surface area is 135 Å². The van der Waals surface area contributed by atoms with Gasteiger partial charge in [-0.1, -0.05) is 13.0 Å². The highest BCUT2D eigenvalue weighted by molar-refractivity contribution is 8.01. The van der Waals surface area contributed by atoms with Crippen LogP contribution in [0.1, 0.15) is 25.3 Å². The number of carboxylic acids is 1. The highest BCUT2D eigenvalue weighted by atomic mass is 32.2. The van der Waals surface area contributed by atoms with Gasteiger partial charge >= 0.3 is 12.1 Å². The summed E-state index contributed by atoms with van der Waals surface area (Å²) in [5, 5.41) is 8.41. The zero-order valence-electron chi connectivity index (χ0n) is 12.4. The zero-order valence-corrected chi connectivity index (χ0v) is 13.3. The van der Waals surface area contributed by atoms with E-state index in [-0.39, 0.29) is 17.5 Å². The van der Waals surface area contributed by atoms with Crippen LogP contribution in [0.25, 0.3) is 0 Å². The Balaban J connectivity index is 2.17. The van der Waals surface area contributed by atoms with Gasteiger partial charge in [0.1, 0.15) is 16.6 Å². The predicted octanol–water partition coefficient (Wildman–Crippen LogP) is 4.02. The van der Waals surface area contributed by atoms with Crippen LogP contribution < -0.4 is 4.90 Å². The van der Waals surface area contributed by atoms with Crippen molar-refractivity contribution in [2.45, 2.75) is 36.4 Å². The van der Waals surface area contributed by atoms with Gasteiger partial charge in [-0.2, -0.15) is 13.2 Å². The average Bonchev–Trinajstić information content (AvgIpc) is 2.91. The first-order valence-corrected chi connectivity index (χ1v) is 8.17. The fourth-order valence-corrected chi connectivity index (χ4v) is 3.96. The summed E-state index contributed by atoms with van der Waals surface area (Å²) in [5.41, 5.74) is -1.43. The van der Waals surface area contributed by atoms with E-state index in [0.717, 1.165) is 6.07 Å². The van der Waals surface area contributed by atoms with E-state index in [9.17, 15) is 22.4 Å². The minimum Gasteiger partial charge on any atom is -0.480 e. The summed E-state index contributed by atoms with van der Waals surface area (Å²) in [6, 6.07) is 3.31.